The zero-order valence-corrected chi connectivity index (χ0v) is 9.94. The molecule has 0 aliphatic heterocycles. The zero-order valence-electron chi connectivity index (χ0n) is 8.43. The molecule has 15 heavy (non-hydrogen) atoms. The molecule has 1 rings (SSSR count). The van der Waals surface area contributed by atoms with Crippen LogP contribution in [0.5, 0.6) is 5.75 Å². The fraction of sp³-hybridized carbons (Fsp3) is 0.364. The van der Waals surface area contributed by atoms with Crippen LogP contribution in [0.3, 0.4) is 0 Å². The highest BCUT2D eigenvalue weighted by Gasteiger charge is 2.06. The van der Waals surface area contributed by atoms with Gasteiger partial charge in [-0.15, -0.1) is 0 Å². The van der Waals surface area contributed by atoms with Gasteiger partial charge in [-0.3, -0.25) is 4.79 Å². The molecule has 0 aliphatic carbocycles. The topological polar surface area (TPSA) is 26.3 Å². The van der Waals surface area contributed by atoms with Crippen molar-refractivity contribution in [2.45, 2.75) is 19.8 Å². The molecule has 1 aromatic carbocycles. The minimum Gasteiger partial charge on any atom is -0.494 e. The predicted octanol–water partition coefficient (Wildman–Crippen LogP) is 3.44. The quantitative estimate of drug-likeness (QED) is 0.745. The van der Waals surface area contributed by atoms with E-state index in [1.807, 2.05) is 6.92 Å². The molecule has 0 amide bonds. The van der Waals surface area contributed by atoms with Gasteiger partial charge in [0, 0.05) is 11.4 Å². The lowest BCUT2D eigenvalue weighted by atomic mass is 10.1. The zero-order chi connectivity index (χ0) is 11.3. The van der Waals surface area contributed by atoms with Crippen molar-refractivity contribution in [3.63, 3.8) is 0 Å². The Morgan fingerprint density at radius 1 is 1.47 bits per heavy atom. The fourth-order valence-electron chi connectivity index (χ4n) is 1.27. The molecule has 0 heterocycles. The minimum atomic E-state index is -0.350. The second-order valence-corrected chi connectivity index (χ2v) is 3.90. The van der Waals surface area contributed by atoms with Gasteiger partial charge in [-0.1, -0.05) is 11.6 Å². The van der Waals surface area contributed by atoms with Crippen molar-refractivity contribution in [1.29, 1.82) is 0 Å². The summed E-state index contributed by atoms with van der Waals surface area (Å²) in [6, 6.07) is 5.37. The summed E-state index contributed by atoms with van der Waals surface area (Å²) in [7, 11) is 0. The molecule has 0 N–H and O–H groups in total. The molecule has 0 saturated carbocycles. The summed E-state index contributed by atoms with van der Waals surface area (Å²) >= 11 is 11.1. The molecule has 0 spiro atoms. The third-order valence-corrected chi connectivity index (χ3v) is 2.34. The minimum absolute atomic E-state index is 0.294. The van der Waals surface area contributed by atoms with Crippen LogP contribution in [-0.2, 0) is 11.2 Å². The summed E-state index contributed by atoms with van der Waals surface area (Å²) in [6.07, 6.45) is 0.847. The lowest BCUT2D eigenvalue weighted by Gasteiger charge is -2.09. The molecule has 4 heteroatoms. The van der Waals surface area contributed by atoms with E-state index in [4.69, 9.17) is 27.9 Å². The molecule has 0 bridgehead atoms. The Kier molecular flexibility index (Phi) is 4.92. The van der Waals surface area contributed by atoms with E-state index in [0.717, 1.165) is 11.3 Å². The summed E-state index contributed by atoms with van der Waals surface area (Å²) in [4.78, 5) is 10.7. The van der Waals surface area contributed by atoms with Crippen LogP contribution in [0, 0.1) is 0 Å². The Bertz CT molecular complexity index is 350. The van der Waals surface area contributed by atoms with Gasteiger partial charge in [-0.25, -0.2) is 0 Å². The largest absolute Gasteiger partial charge is 0.494 e. The Morgan fingerprint density at radius 2 is 2.20 bits per heavy atom. The first-order chi connectivity index (χ1) is 7.13. The van der Waals surface area contributed by atoms with E-state index in [0.29, 0.717) is 24.5 Å². The molecule has 0 atom stereocenters. The van der Waals surface area contributed by atoms with E-state index >= 15 is 0 Å². The van der Waals surface area contributed by atoms with Crippen molar-refractivity contribution in [1.82, 2.24) is 0 Å². The molecule has 2 nitrogen and oxygen atoms in total. The maximum absolute atomic E-state index is 10.7. The second kappa shape index (κ2) is 5.99. The third kappa shape index (κ3) is 4.10. The van der Waals surface area contributed by atoms with E-state index in [1.54, 1.807) is 18.2 Å². The van der Waals surface area contributed by atoms with Gasteiger partial charge >= 0.3 is 0 Å². The van der Waals surface area contributed by atoms with Crippen LogP contribution in [0.25, 0.3) is 0 Å². The van der Waals surface area contributed by atoms with Crippen LogP contribution < -0.4 is 4.74 Å². The first kappa shape index (κ1) is 12.3. The van der Waals surface area contributed by atoms with E-state index in [2.05, 4.69) is 0 Å². The highest BCUT2D eigenvalue weighted by atomic mass is 35.5. The number of halogens is 2. The van der Waals surface area contributed by atoms with E-state index < -0.39 is 0 Å². The average Bonchev–Trinajstić information content (AvgIpc) is 2.18. The number of rotatable bonds is 5. The summed E-state index contributed by atoms with van der Waals surface area (Å²) in [5.74, 6) is 0.764. The Labute approximate surface area is 99.1 Å². The summed E-state index contributed by atoms with van der Waals surface area (Å²) in [6.45, 7) is 2.49. The van der Waals surface area contributed by atoms with E-state index in [-0.39, 0.29) is 5.24 Å². The third-order valence-electron chi connectivity index (χ3n) is 1.91. The number of hydrogen-bond acceptors (Lipinski definition) is 2. The Morgan fingerprint density at radius 3 is 2.80 bits per heavy atom. The SMILES string of the molecule is CCOc1ccc(Cl)cc1CCC(=O)Cl. The first-order valence-corrected chi connectivity index (χ1v) is 5.48. The summed E-state index contributed by atoms with van der Waals surface area (Å²) < 4.78 is 5.41. The van der Waals surface area contributed by atoms with Crippen LogP contribution in [0.1, 0.15) is 18.9 Å². The number of carbonyl (C=O) groups is 1. The van der Waals surface area contributed by atoms with Gasteiger partial charge in [0.15, 0.2) is 0 Å². The maximum Gasteiger partial charge on any atom is 0.221 e. The molecule has 0 aromatic heterocycles. The molecule has 0 aliphatic rings. The van der Waals surface area contributed by atoms with Gasteiger partial charge in [-0.05, 0) is 48.7 Å². The number of carbonyl (C=O) groups excluding carboxylic acids is 1. The standard InChI is InChI=1S/C11H12Cl2O2/c1-2-15-10-5-4-9(12)7-8(10)3-6-11(13)14/h4-5,7H,2-3,6H2,1H3. The number of aryl methyl sites for hydroxylation is 1. The molecule has 0 saturated heterocycles. The van der Waals surface area contributed by atoms with Crippen molar-refractivity contribution in [2.24, 2.45) is 0 Å². The highest BCUT2D eigenvalue weighted by molar-refractivity contribution is 6.63. The Balaban J connectivity index is 2.81. The second-order valence-electron chi connectivity index (χ2n) is 3.04. The Hall–Kier alpha value is -0.730. The highest BCUT2D eigenvalue weighted by Crippen LogP contribution is 2.24. The van der Waals surface area contributed by atoms with Gasteiger partial charge in [0.1, 0.15) is 5.75 Å². The first-order valence-electron chi connectivity index (χ1n) is 4.73. The van der Waals surface area contributed by atoms with Crippen molar-refractivity contribution in [2.75, 3.05) is 6.61 Å². The van der Waals surface area contributed by atoms with Gasteiger partial charge in [-0.2, -0.15) is 0 Å². The normalized spacial score (nSPS) is 10.1. The van der Waals surface area contributed by atoms with Crippen molar-refractivity contribution >= 4 is 28.4 Å². The lowest BCUT2D eigenvalue weighted by Crippen LogP contribution is -1.98. The van der Waals surface area contributed by atoms with Crippen molar-refractivity contribution in [3.8, 4) is 5.75 Å². The van der Waals surface area contributed by atoms with Crippen LogP contribution in [0.15, 0.2) is 18.2 Å². The molecule has 1 aromatic rings. The van der Waals surface area contributed by atoms with Crippen LogP contribution in [0.2, 0.25) is 5.02 Å². The maximum atomic E-state index is 10.7. The smallest absolute Gasteiger partial charge is 0.221 e. The molecule has 82 valence electrons. The van der Waals surface area contributed by atoms with Crippen LogP contribution in [0.4, 0.5) is 0 Å². The predicted molar refractivity (Wildman–Crippen MR) is 61.8 cm³/mol. The van der Waals surface area contributed by atoms with Gasteiger partial charge in [0.2, 0.25) is 5.24 Å². The fourth-order valence-corrected chi connectivity index (χ4v) is 1.56. The molecule has 0 fully saturated rings. The van der Waals surface area contributed by atoms with Gasteiger partial charge < -0.3 is 4.74 Å². The number of ether oxygens (including phenoxy) is 1. The number of benzene rings is 1. The van der Waals surface area contributed by atoms with Gasteiger partial charge in [0.25, 0.3) is 0 Å². The number of hydrogen-bond donors (Lipinski definition) is 0. The van der Waals surface area contributed by atoms with E-state index in [9.17, 15) is 4.79 Å². The van der Waals surface area contributed by atoms with Crippen molar-refractivity contribution < 1.29 is 9.53 Å². The summed E-state index contributed by atoms with van der Waals surface area (Å²) in [5, 5.41) is 0.285. The van der Waals surface area contributed by atoms with Crippen molar-refractivity contribution in [3.05, 3.63) is 28.8 Å². The summed E-state index contributed by atoms with van der Waals surface area (Å²) in [5.41, 5.74) is 0.915. The van der Waals surface area contributed by atoms with E-state index in [1.165, 1.54) is 0 Å². The molecular formula is C11H12Cl2O2. The van der Waals surface area contributed by atoms with Gasteiger partial charge in [0.05, 0.1) is 6.61 Å². The average molecular weight is 247 g/mol. The molecule has 0 radical (unpaired) electrons. The monoisotopic (exact) mass is 246 g/mol. The molecule has 0 unspecified atom stereocenters. The molecular weight excluding hydrogens is 235 g/mol. The van der Waals surface area contributed by atoms with Crippen LogP contribution >= 0.6 is 23.2 Å². The van der Waals surface area contributed by atoms with Crippen LogP contribution in [-0.4, -0.2) is 11.8 Å². The lowest BCUT2D eigenvalue weighted by molar-refractivity contribution is -0.111.